The number of nitrogens with zero attached hydrogens (tertiary/aromatic N) is 1. The van der Waals surface area contributed by atoms with Crippen LogP contribution in [-0.2, 0) is 14.8 Å². The molecule has 0 aliphatic carbocycles. The summed E-state index contributed by atoms with van der Waals surface area (Å²) in [4.78, 5) is 14.6. The molecule has 0 unspecified atom stereocenters. The molecule has 3 rings (SSSR count). The molecule has 146 valence electrons. The molecule has 6 nitrogen and oxygen atoms in total. The maximum absolute atomic E-state index is 12.5. The van der Waals surface area contributed by atoms with Gasteiger partial charge in [-0.2, -0.15) is 0 Å². The minimum absolute atomic E-state index is 0.0602. The highest BCUT2D eigenvalue weighted by Gasteiger charge is 2.29. The van der Waals surface area contributed by atoms with Gasteiger partial charge in [-0.1, -0.05) is 22.0 Å². The molecular formula is C18H22BrN3O3S2. The normalized spacial score (nSPS) is 17.6. The van der Waals surface area contributed by atoms with E-state index in [9.17, 15) is 13.2 Å². The largest absolute Gasteiger partial charge is 0.325 e. The smallest absolute Gasteiger partial charge is 0.250 e. The van der Waals surface area contributed by atoms with E-state index < -0.39 is 10.0 Å². The summed E-state index contributed by atoms with van der Waals surface area (Å²) < 4.78 is 28.7. The van der Waals surface area contributed by atoms with Gasteiger partial charge in [-0.15, -0.1) is 11.3 Å². The number of likely N-dealkylation sites (tertiary alicyclic amines) is 1. The van der Waals surface area contributed by atoms with Gasteiger partial charge in [0.2, 0.25) is 15.9 Å². The number of halogens is 1. The highest BCUT2D eigenvalue weighted by Crippen LogP contribution is 2.20. The number of rotatable bonds is 6. The molecule has 1 saturated heterocycles. The van der Waals surface area contributed by atoms with Gasteiger partial charge in [-0.3, -0.25) is 9.69 Å². The highest BCUT2D eigenvalue weighted by atomic mass is 79.9. The van der Waals surface area contributed by atoms with Crippen LogP contribution in [0.3, 0.4) is 0 Å². The number of amides is 1. The third-order valence-corrected chi connectivity index (χ3v) is 8.10. The standard InChI is InChI=1S/C18H22BrN3O3S2/c1-13(18(23)20-15-6-4-14(19)5-7-15)22-10-8-16(9-11-22)21-27(24,25)17-3-2-12-26-17/h2-7,12-13,16,21H,8-11H2,1H3,(H,20,23)/t13-/m1/s1. The van der Waals surface area contributed by atoms with E-state index in [4.69, 9.17) is 0 Å². The fraction of sp³-hybridized carbons (Fsp3) is 0.389. The van der Waals surface area contributed by atoms with Crippen LogP contribution in [0, 0.1) is 0 Å². The van der Waals surface area contributed by atoms with Crippen LogP contribution < -0.4 is 10.0 Å². The lowest BCUT2D eigenvalue weighted by Crippen LogP contribution is -2.50. The highest BCUT2D eigenvalue weighted by molar-refractivity contribution is 9.10. The van der Waals surface area contributed by atoms with Crippen molar-refractivity contribution in [1.29, 1.82) is 0 Å². The summed E-state index contributed by atoms with van der Waals surface area (Å²) >= 11 is 4.59. The van der Waals surface area contributed by atoms with Crippen LogP contribution in [-0.4, -0.2) is 44.4 Å². The number of hydrogen-bond acceptors (Lipinski definition) is 5. The van der Waals surface area contributed by atoms with Gasteiger partial charge < -0.3 is 5.32 Å². The lowest BCUT2D eigenvalue weighted by atomic mass is 10.0. The zero-order chi connectivity index (χ0) is 19.4. The molecule has 0 saturated carbocycles. The topological polar surface area (TPSA) is 78.5 Å². The van der Waals surface area contributed by atoms with Gasteiger partial charge in [-0.05, 0) is 55.5 Å². The molecule has 1 aliphatic rings. The molecule has 27 heavy (non-hydrogen) atoms. The molecule has 1 aromatic heterocycles. The first kappa shape index (κ1) is 20.5. The van der Waals surface area contributed by atoms with Gasteiger partial charge in [0.15, 0.2) is 0 Å². The van der Waals surface area contributed by atoms with E-state index in [-0.39, 0.29) is 18.0 Å². The quantitative estimate of drug-likeness (QED) is 0.677. The van der Waals surface area contributed by atoms with Gasteiger partial charge in [0.1, 0.15) is 4.21 Å². The summed E-state index contributed by atoms with van der Waals surface area (Å²) in [5.41, 5.74) is 0.758. The molecule has 1 amide bonds. The van der Waals surface area contributed by atoms with Gasteiger partial charge >= 0.3 is 0 Å². The van der Waals surface area contributed by atoms with Gasteiger partial charge in [0, 0.05) is 29.3 Å². The SMILES string of the molecule is C[C@H](C(=O)Nc1ccc(Br)cc1)N1CCC(NS(=O)(=O)c2cccs2)CC1. The van der Waals surface area contributed by atoms with E-state index in [0.717, 1.165) is 10.2 Å². The number of anilines is 1. The molecule has 2 heterocycles. The Morgan fingerprint density at radius 1 is 1.22 bits per heavy atom. The molecule has 0 radical (unpaired) electrons. The van der Waals surface area contributed by atoms with Crippen molar-refractivity contribution in [3.05, 3.63) is 46.3 Å². The molecule has 1 atom stereocenters. The molecule has 0 spiro atoms. The Hall–Kier alpha value is -1.26. The monoisotopic (exact) mass is 471 g/mol. The minimum atomic E-state index is -3.45. The van der Waals surface area contributed by atoms with Crippen LogP contribution in [0.25, 0.3) is 0 Å². The van der Waals surface area contributed by atoms with E-state index in [1.807, 2.05) is 31.2 Å². The fourth-order valence-electron chi connectivity index (χ4n) is 3.04. The van der Waals surface area contributed by atoms with E-state index >= 15 is 0 Å². The molecule has 1 aliphatic heterocycles. The van der Waals surface area contributed by atoms with Crippen molar-refractivity contribution >= 4 is 48.9 Å². The van der Waals surface area contributed by atoms with Crippen molar-refractivity contribution in [2.75, 3.05) is 18.4 Å². The molecule has 2 N–H and O–H groups in total. The second kappa shape index (κ2) is 8.83. The second-order valence-electron chi connectivity index (χ2n) is 6.54. The maximum Gasteiger partial charge on any atom is 0.250 e. The second-order valence-corrected chi connectivity index (χ2v) is 10.3. The molecule has 1 fully saturated rings. The molecule has 0 bridgehead atoms. The molecule has 2 aromatic rings. The lowest BCUT2D eigenvalue weighted by molar-refractivity contribution is -0.121. The molecule has 1 aromatic carbocycles. The Kier molecular flexibility index (Phi) is 6.69. The number of carbonyl (C=O) groups is 1. The van der Waals surface area contributed by atoms with Crippen molar-refractivity contribution < 1.29 is 13.2 Å². The zero-order valence-corrected chi connectivity index (χ0v) is 18.1. The van der Waals surface area contributed by atoms with E-state index in [1.165, 1.54) is 11.3 Å². The van der Waals surface area contributed by atoms with Gasteiger partial charge in [0.25, 0.3) is 0 Å². The third-order valence-electron chi connectivity index (χ3n) is 4.65. The summed E-state index contributed by atoms with van der Waals surface area (Å²) in [6.45, 7) is 3.23. The predicted molar refractivity (Wildman–Crippen MR) is 111 cm³/mol. The van der Waals surface area contributed by atoms with Gasteiger partial charge in [-0.25, -0.2) is 13.1 Å². The van der Waals surface area contributed by atoms with Crippen LogP contribution in [0.15, 0.2) is 50.5 Å². The number of piperidine rings is 1. The Balaban J connectivity index is 1.51. The number of sulfonamides is 1. The first-order valence-electron chi connectivity index (χ1n) is 8.71. The van der Waals surface area contributed by atoms with Crippen LogP contribution in [0.4, 0.5) is 5.69 Å². The summed E-state index contributed by atoms with van der Waals surface area (Å²) in [6.07, 6.45) is 1.36. The molecule has 9 heteroatoms. The fourth-order valence-corrected chi connectivity index (χ4v) is 5.62. The minimum Gasteiger partial charge on any atom is -0.325 e. The average Bonchev–Trinajstić information content (AvgIpc) is 3.19. The first-order valence-corrected chi connectivity index (χ1v) is 11.9. The number of carbonyl (C=O) groups excluding carboxylic acids is 1. The average molecular weight is 472 g/mol. The van der Waals surface area contributed by atoms with Crippen LogP contribution >= 0.6 is 27.3 Å². The van der Waals surface area contributed by atoms with E-state index in [2.05, 4.69) is 30.9 Å². The molecular weight excluding hydrogens is 450 g/mol. The van der Waals surface area contributed by atoms with Gasteiger partial charge in [0.05, 0.1) is 6.04 Å². The number of benzene rings is 1. The Labute approximate surface area is 172 Å². The van der Waals surface area contributed by atoms with Crippen molar-refractivity contribution in [1.82, 2.24) is 9.62 Å². The van der Waals surface area contributed by atoms with E-state index in [1.54, 1.807) is 17.5 Å². The summed E-state index contributed by atoms with van der Waals surface area (Å²) in [7, 11) is -3.45. The van der Waals surface area contributed by atoms with Crippen molar-refractivity contribution in [3.63, 3.8) is 0 Å². The number of thiophene rings is 1. The summed E-state index contributed by atoms with van der Waals surface area (Å²) in [5.74, 6) is -0.0602. The summed E-state index contributed by atoms with van der Waals surface area (Å²) in [5, 5.41) is 4.68. The Morgan fingerprint density at radius 2 is 1.89 bits per heavy atom. The van der Waals surface area contributed by atoms with Crippen LogP contribution in [0.5, 0.6) is 0 Å². The number of nitrogens with one attached hydrogen (secondary N) is 2. The van der Waals surface area contributed by atoms with Crippen molar-refractivity contribution in [2.45, 2.75) is 36.1 Å². The van der Waals surface area contributed by atoms with Crippen LogP contribution in [0.1, 0.15) is 19.8 Å². The van der Waals surface area contributed by atoms with Crippen molar-refractivity contribution in [3.8, 4) is 0 Å². The van der Waals surface area contributed by atoms with E-state index in [0.29, 0.717) is 30.1 Å². The Morgan fingerprint density at radius 3 is 2.48 bits per heavy atom. The van der Waals surface area contributed by atoms with Crippen LogP contribution in [0.2, 0.25) is 0 Å². The predicted octanol–water partition coefficient (Wildman–Crippen LogP) is 3.28. The number of hydrogen-bond donors (Lipinski definition) is 2. The van der Waals surface area contributed by atoms with Crippen molar-refractivity contribution in [2.24, 2.45) is 0 Å². The lowest BCUT2D eigenvalue weighted by Gasteiger charge is -2.35. The Bertz CT molecular complexity index is 862. The summed E-state index contributed by atoms with van der Waals surface area (Å²) in [6, 6.07) is 10.4. The third kappa shape index (κ3) is 5.39. The zero-order valence-electron chi connectivity index (χ0n) is 14.9. The first-order chi connectivity index (χ1) is 12.8. The maximum atomic E-state index is 12.5.